The number of aliphatic carboxylic acids is 1. The van der Waals surface area contributed by atoms with Gasteiger partial charge >= 0.3 is 5.97 Å². The topological polar surface area (TPSA) is 165 Å². The van der Waals surface area contributed by atoms with E-state index in [1.807, 2.05) is 0 Å². The Morgan fingerprint density at radius 1 is 1.12 bits per heavy atom. The van der Waals surface area contributed by atoms with Gasteiger partial charge in [0.1, 0.15) is 17.6 Å². The van der Waals surface area contributed by atoms with E-state index in [4.69, 9.17) is 5.11 Å². The highest BCUT2D eigenvalue weighted by molar-refractivity contribution is 5.96. The average Bonchev–Trinajstić information content (AvgIpc) is 3.56. The van der Waals surface area contributed by atoms with Gasteiger partial charge in [0.2, 0.25) is 30.0 Å². The van der Waals surface area contributed by atoms with E-state index in [2.05, 4.69) is 16.0 Å². The van der Waals surface area contributed by atoms with Crippen molar-refractivity contribution < 1.29 is 33.9 Å². The van der Waals surface area contributed by atoms with Crippen LogP contribution in [0.5, 0.6) is 0 Å². The molecule has 2 rings (SSSR count). The lowest BCUT2D eigenvalue weighted by Gasteiger charge is -2.30. The van der Waals surface area contributed by atoms with Crippen LogP contribution in [-0.4, -0.2) is 95.2 Å². The van der Waals surface area contributed by atoms with Crippen LogP contribution in [0, 0.1) is 0 Å². The Morgan fingerprint density at radius 2 is 1.75 bits per heavy atom. The number of carboxylic acid groups (broad SMARTS) is 1. The van der Waals surface area contributed by atoms with E-state index in [0.29, 0.717) is 32.3 Å². The van der Waals surface area contributed by atoms with E-state index < -0.39 is 60.2 Å². The number of amides is 5. The number of carbonyl (C=O) groups is 6. The number of nitrogens with zero attached hydrogens (tertiary/aromatic N) is 2. The molecule has 2 atom stereocenters. The third-order valence-corrected chi connectivity index (χ3v) is 5.88. The molecule has 5 amide bonds. The molecule has 1 saturated heterocycles. The zero-order chi connectivity index (χ0) is 23.9. The van der Waals surface area contributed by atoms with E-state index in [1.165, 1.54) is 18.9 Å². The Kier molecular flexibility index (Phi) is 8.56. The van der Waals surface area contributed by atoms with Gasteiger partial charge in [-0.2, -0.15) is 0 Å². The fraction of sp³-hybridized carbons (Fsp3) is 0.700. The molecule has 0 aromatic heterocycles. The fourth-order valence-corrected chi connectivity index (χ4v) is 3.62. The van der Waals surface area contributed by atoms with E-state index in [1.54, 1.807) is 4.90 Å². The molecule has 0 aromatic carbocycles. The lowest BCUT2D eigenvalue weighted by molar-refractivity contribution is -0.144. The number of carbonyl (C=O) groups excluding carboxylic acids is 5. The standard InChI is InChI=1S/C20H31N5O7/c1-13(24(2)19(32)20(6-7-20)22-12-26)17(30)21-11-15(27)23-14(10-16(28)29)18(31)25-8-4-3-5-9-25/h12-14H,3-11H2,1-2H3,(H,21,30)(H,22,26)(H,23,27)(H,28,29). The summed E-state index contributed by atoms with van der Waals surface area (Å²) in [6, 6.07) is -2.13. The number of likely N-dealkylation sites (N-methyl/N-ethyl adjacent to an activating group) is 1. The smallest absolute Gasteiger partial charge is 0.305 e. The van der Waals surface area contributed by atoms with Crippen LogP contribution in [0.25, 0.3) is 0 Å². The molecule has 12 heteroatoms. The van der Waals surface area contributed by atoms with E-state index in [-0.39, 0.29) is 0 Å². The van der Waals surface area contributed by atoms with Crippen molar-refractivity contribution in [1.29, 1.82) is 0 Å². The van der Waals surface area contributed by atoms with Crippen LogP contribution in [0.1, 0.15) is 45.4 Å². The van der Waals surface area contributed by atoms with Crippen molar-refractivity contribution in [2.75, 3.05) is 26.7 Å². The van der Waals surface area contributed by atoms with E-state index >= 15 is 0 Å². The predicted molar refractivity (Wildman–Crippen MR) is 111 cm³/mol. The maximum Gasteiger partial charge on any atom is 0.305 e. The van der Waals surface area contributed by atoms with Crippen LogP contribution in [0.2, 0.25) is 0 Å². The first kappa shape index (κ1) is 25.1. The molecule has 1 aliphatic heterocycles. The minimum absolute atomic E-state index is 0.398. The lowest BCUT2D eigenvalue weighted by atomic mass is 10.1. The molecule has 2 fully saturated rings. The number of rotatable bonds is 11. The van der Waals surface area contributed by atoms with Gasteiger partial charge in [0, 0.05) is 20.1 Å². The lowest BCUT2D eigenvalue weighted by Crippen LogP contribution is -2.55. The molecule has 4 N–H and O–H groups in total. The van der Waals surface area contributed by atoms with Crippen LogP contribution in [0.15, 0.2) is 0 Å². The number of hydrogen-bond donors (Lipinski definition) is 4. The molecule has 0 radical (unpaired) electrons. The summed E-state index contributed by atoms with van der Waals surface area (Å²) in [6.45, 7) is 2.03. The molecule has 1 aliphatic carbocycles. The molecule has 12 nitrogen and oxygen atoms in total. The molecule has 2 unspecified atom stereocenters. The minimum atomic E-state index is -1.23. The van der Waals surface area contributed by atoms with Crippen molar-refractivity contribution in [3.05, 3.63) is 0 Å². The summed E-state index contributed by atoms with van der Waals surface area (Å²) in [6.07, 6.45) is 3.50. The van der Waals surface area contributed by atoms with Crippen molar-refractivity contribution in [2.45, 2.75) is 63.1 Å². The first-order valence-electron chi connectivity index (χ1n) is 10.7. The summed E-state index contributed by atoms with van der Waals surface area (Å²) < 4.78 is 0. The Labute approximate surface area is 186 Å². The second-order valence-corrected chi connectivity index (χ2v) is 8.26. The Morgan fingerprint density at radius 3 is 2.28 bits per heavy atom. The zero-order valence-electron chi connectivity index (χ0n) is 18.4. The highest BCUT2D eigenvalue weighted by Crippen LogP contribution is 2.36. The van der Waals surface area contributed by atoms with Gasteiger partial charge in [-0.25, -0.2) is 0 Å². The van der Waals surface area contributed by atoms with Gasteiger partial charge in [-0.3, -0.25) is 28.8 Å². The molecular weight excluding hydrogens is 422 g/mol. The maximum atomic E-state index is 12.6. The summed E-state index contributed by atoms with van der Waals surface area (Å²) in [4.78, 5) is 74.4. The maximum absolute atomic E-state index is 12.6. The number of nitrogens with one attached hydrogen (secondary N) is 3. The van der Waals surface area contributed by atoms with Crippen molar-refractivity contribution >= 4 is 36.0 Å². The molecule has 0 bridgehead atoms. The van der Waals surface area contributed by atoms with E-state index in [0.717, 1.165) is 19.3 Å². The third kappa shape index (κ3) is 6.41. The Balaban J connectivity index is 1.87. The normalized spacial score (nSPS) is 18.5. The van der Waals surface area contributed by atoms with Crippen LogP contribution in [0.3, 0.4) is 0 Å². The molecule has 1 saturated carbocycles. The highest BCUT2D eigenvalue weighted by atomic mass is 16.4. The van der Waals surface area contributed by atoms with Crippen LogP contribution < -0.4 is 16.0 Å². The Bertz CT molecular complexity index is 761. The van der Waals surface area contributed by atoms with Gasteiger partial charge in [0.05, 0.1) is 13.0 Å². The summed E-state index contributed by atoms with van der Waals surface area (Å²) in [5.41, 5.74) is -0.971. The number of piperidine rings is 1. The van der Waals surface area contributed by atoms with Crippen LogP contribution in [0.4, 0.5) is 0 Å². The highest BCUT2D eigenvalue weighted by Gasteiger charge is 2.52. The van der Waals surface area contributed by atoms with Gasteiger partial charge < -0.3 is 30.9 Å². The van der Waals surface area contributed by atoms with Crippen molar-refractivity contribution in [3.8, 4) is 0 Å². The monoisotopic (exact) mass is 453 g/mol. The van der Waals surface area contributed by atoms with Gasteiger partial charge in [-0.15, -0.1) is 0 Å². The van der Waals surface area contributed by atoms with Gasteiger partial charge in [0.25, 0.3) is 0 Å². The van der Waals surface area contributed by atoms with Crippen LogP contribution in [-0.2, 0) is 28.8 Å². The second kappa shape index (κ2) is 10.9. The quantitative estimate of drug-likeness (QED) is 0.268. The van der Waals surface area contributed by atoms with Crippen molar-refractivity contribution in [3.63, 3.8) is 0 Å². The molecule has 2 aliphatic rings. The Hall–Kier alpha value is -3.18. The van der Waals surface area contributed by atoms with Crippen molar-refractivity contribution in [1.82, 2.24) is 25.8 Å². The fourth-order valence-electron chi connectivity index (χ4n) is 3.62. The molecular formula is C20H31N5O7. The molecule has 0 spiro atoms. The van der Waals surface area contributed by atoms with Crippen molar-refractivity contribution in [2.24, 2.45) is 0 Å². The number of hydrogen-bond acceptors (Lipinski definition) is 6. The number of carboxylic acids is 1. The third-order valence-electron chi connectivity index (χ3n) is 5.88. The minimum Gasteiger partial charge on any atom is -0.481 e. The number of likely N-dealkylation sites (tertiary alicyclic amines) is 1. The van der Waals surface area contributed by atoms with Crippen LogP contribution >= 0.6 is 0 Å². The first-order chi connectivity index (χ1) is 15.1. The predicted octanol–water partition coefficient (Wildman–Crippen LogP) is -1.80. The molecule has 1 heterocycles. The molecule has 0 aromatic rings. The average molecular weight is 453 g/mol. The first-order valence-corrected chi connectivity index (χ1v) is 10.7. The second-order valence-electron chi connectivity index (χ2n) is 8.26. The van der Waals surface area contributed by atoms with Gasteiger partial charge in [-0.1, -0.05) is 0 Å². The zero-order valence-corrected chi connectivity index (χ0v) is 18.4. The summed E-state index contributed by atoms with van der Waals surface area (Å²) in [7, 11) is 1.43. The largest absolute Gasteiger partial charge is 0.481 e. The summed E-state index contributed by atoms with van der Waals surface area (Å²) in [5, 5.41) is 16.4. The molecule has 32 heavy (non-hydrogen) atoms. The van der Waals surface area contributed by atoms with Gasteiger partial charge in [-0.05, 0) is 39.0 Å². The SMILES string of the molecule is CC(C(=O)NCC(=O)NC(CC(=O)O)C(=O)N1CCCCC1)N(C)C(=O)C1(NC=O)CC1. The summed E-state index contributed by atoms with van der Waals surface area (Å²) >= 11 is 0. The van der Waals surface area contributed by atoms with E-state index in [9.17, 15) is 28.8 Å². The van der Waals surface area contributed by atoms with Gasteiger partial charge in [0.15, 0.2) is 0 Å². The molecule has 178 valence electrons. The summed E-state index contributed by atoms with van der Waals surface area (Å²) in [5.74, 6) is -3.39.